The van der Waals surface area contributed by atoms with E-state index in [0.717, 1.165) is 11.1 Å². The summed E-state index contributed by atoms with van der Waals surface area (Å²) in [6.07, 6.45) is 2.01. The molecular weight excluding hydrogens is 252 g/mol. The Hall–Kier alpha value is -2.62. The normalized spacial score (nSPS) is 10.8. The highest BCUT2D eigenvalue weighted by atomic mass is 16.6. The van der Waals surface area contributed by atoms with E-state index in [2.05, 4.69) is 22.8 Å². The lowest BCUT2D eigenvalue weighted by Crippen LogP contribution is -2.00. The SMILES string of the molecule is Cc1ccc(Cn2ccc3ccccc32)cc1[N+](=O)[O-]. The van der Waals surface area contributed by atoms with Crippen LogP contribution in [-0.2, 0) is 6.54 Å². The highest BCUT2D eigenvalue weighted by Gasteiger charge is 2.11. The van der Waals surface area contributed by atoms with Crippen LogP contribution in [0.25, 0.3) is 10.9 Å². The molecule has 1 aromatic heterocycles. The number of nitro benzene ring substituents is 1. The molecular formula is C16H14N2O2. The molecule has 0 amide bonds. The second kappa shape index (κ2) is 4.81. The monoisotopic (exact) mass is 266 g/mol. The van der Waals surface area contributed by atoms with Crippen molar-refractivity contribution < 1.29 is 4.92 Å². The Bertz CT molecular complexity index is 790. The van der Waals surface area contributed by atoms with Crippen LogP contribution in [0.5, 0.6) is 0 Å². The van der Waals surface area contributed by atoms with Crippen LogP contribution < -0.4 is 0 Å². The number of nitrogens with zero attached hydrogens (tertiary/aromatic N) is 2. The van der Waals surface area contributed by atoms with Crippen molar-refractivity contribution in [1.82, 2.24) is 4.57 Å². The second-order valence-electron chi connectivity index (χ2n) is 4.88. The summed E-state index contributed by atoms with van der Waals surface area (Å²) in [6, 6.07) is 15.6. The zero-order valence-corrected chi connectivity index (χ0v) is 11.1. The van der Waals surface area contributed by atoms with Gasteiger partial charge >= 0.3 is 0 Å². The minimum absolute atomic E-state index is 0.180. The number of fused-ring (bicyclic) bond motifs is 1. The van der Waals surface area contributed by atoms with E-state index in [9.17, 15) is 10.1 Å². The Balaban J connectivity index is 1.99. The van der Waals surface area contributed by atoms with Crippen LogP contribution in [0, 0.1) is 17.0 Å². The molecule has 3 aromatic rings. The Morgan fingerprint density at radius 2 is 1.95 bits per heavy atom. The molecule has 100 valence electrons. The largest absolute Gasteiger partial charge is 0.343 e. The highest BCUT2D eigenvalue weighted by molar-refractivity contribution is 5.80. The molecule has 0 N–H and O–H groups in total. The van der Waals surface area contributed by atoms with Crippen molar-refractivity contribution in [1.29, 1.82) is 0 Å². The molecule has 0 radical (unpaired) electrons. The summed E-state index contributed by atoms with van der Waals surface area (Å²) >= 11 is 0. The average Bonchev–Trinajstić information content (AvgIpc) is 2.84. The lowest BCUT2D eigenvalue weighted by molar-refractivity contribution is -0.385. The van der Waals surface area contributed by atoms with Crippen LogP contribution in [0.3, 0.4) is 0 Å². The Morgan fingerprint density at radius 3 is 2.75 bits per heavy atom. The predicted octanol–water partition coefficient (Wildman–Crippen LogP) is 3.91. The van der Waals surface area contributed by atoms with Crippen LogP contribution in [0.2, 0.25) is 0 Å². The third kappa shape index (κ3) is 2.16. The van der Waals surface area contributed by atoms with Crippen molar-refractivity contribution in [3.05, 3.63) is 76.0 Å². The molecule has 1 heterocycles. The third-order valence-electron chi connectivity index (χ3n) is 3.50. The molecule has 0 aliphatic carbocycles. The zero-order valence-electron chi connectivity index (χ0n) is 11.1. The molecule has 0 spiro atoms. The number of aromatic nitrogens is 1. The first-order valence-corrected chi connectivity index (χ1v) is 6.43. The number of hydrogen-bond acceptors (Lipinski definition) is 2. The molecule has 0 saturated heterocycles. The van der Waals surface area contributed by atoms with Crippen LogP contribution >= 0.6 is 0 Å². The van der Waals surface area contributed by atoms with E-state index in [1.165, 1.54) is 5.39 Å². The van der Waals surface area contributed by atoms with Gasteiger partial charge in [0, 0.05) is 29.9 Å². The molecule has 4 nitrogen and oxygen atoms in total. The molecule has 0 aliphatic rings. The van der Waals surface area contributed by atoms with Gasteiger partial charge in [0.25, 0.3) is 5.69 Å². The first-order valence-electron chi connectivity index (χ1n) is 6.43. The summed E-state index contributed by atoms with van der Waals surface area (Å²) in [5.41, 5.74) is 2.94. The summed E-state index contributed by atoms with van der Waals surface area (Å²) in [7, 11) is 0. The number of para-hydroxylation sites is 1. The Morgan fingerprint density at radius 1 is 1.15 bits per heavy atom. The van der Waals surface area contributed by atoms with Gasteiger partial charge in [0.05, 0.1) is 4.92 Å². The molecule has 0 unspecified atom stereocenters. The maximum atomic E-state index is 11.0. The van der Waals surface area contributed by atoms with Crippen LogP contribution in [-0.4, -0.2) is 9.49 Å². The topological polar surface area (TPSA) is 48.1 Å². The maximum Gasteiger partial charge on any atom is 0.272 e. The quantitative estimate of drug-likeness (QED) is 0.533. The molecule has 2 aromatic carbocycles. The zero-order chi connectivity index (χ0) is 14.1. The molecule has 0 saturated carbocycles. The average molecular weight is 266 g/mol. The van der Waals surface area contributed by atoms with Crippen LogP contribution in [0.15, 0.2) is 54.7 Å². The standard InChI is InChI=1S/C16H14N2O2/c1-12-6-7-13(10-16(12)18(19)20)11-17-9-8-14-4-2-3-5-15(14)17/h2-10H,11H2,1H3. The minimum Gasteiger partial charge on any atom is -0.343 e. The molecule has 0 aliphatic heterocycles. The van der Waals surface area contributed by atoms with Crippen molar-refractivity contribution in [3.8, 4) is 0 Å². The molecule has 0 atom stereocenters. The summed E-state index contributed by atoms with van der Waals surface area (Å²) in [6.45, 7) is 2.39. The van der Waals surface area contributed by atoms with Gasteiger partial charge in [-0.05, 0) is 30.0 Å². The predicted molar refractivity (Wildman–Crippen MR) is 78.9 cm³/mol. The number of benzene rings is 2. The van der Waals surface area contributed by atoms with E-state index in [1.807, 2.05) is 24.4 Å². The number of aryl methyl sites for hydroxylation is 1. The van der Waals surface area contributed by atoms with Crippen molar-refractivity contribution in [2.45, 2.75) is 13.5 Å². The van der Waals surface area contributed by atoms with Gasteiger partial charge in [-0.25, -0.2) is 0 Å². The fraction of sp³-hybridized carbons (Fsp3) is 0.125. The fourth-order valence-electron chi connectivity index (χ4n) is 2.43. The molecule has 20 heavy (non-hydrogen) atoms. The number of rotatable bonds is 3. The summed E-state index contributed by atoms with van der Waals surface area (Å²) in [5.74, 6) is 0. The van der Waals surface area contributed by atoms with Gasteiger partial charge in [0.2, 0.25) is 0 Å². The summed E-state index contributed by atoms with van der Waals surface area (Å²) < 4.78 is 2.10. The van der Waals surface area contributed by atoms with Crippen LogP contribution in [0.4, 0.5) is 5.69 Å². The van der Waals surface area contributed by atoms with E-state index in [4.69, 9.17) is 0 Å². The number of nitro groups is 1. The van der Waals surface area contributed by atoms with Gasteiger partial charge < -0.3 is 4.57 Å². The minimum atomic E-state index is -0.327. The van der Waals surface area contributed by atoms with E-state index in [1.54, 1.807) is 19.1 Å². The smallest absolute Gasteiger partial charge is 0.272 e. The second-order valence-corrected chi connectivity index (χ2v) is 4.88. The maximum absolute atomic E-state index is 11.0. The van der Waals surface area contributed by atoms with Gasteiger partial charge in [0.15, 0.2) is 0 Å². The van der Waals surface area contributed by atoms with E-state index in [-0.39, 0.29) is 10.6 Å². The van der Waals surface area contributed by atoms with Gasteiger partial charge in [-0.3, -0.25) is 10.1 Å². The molecule has 3 rings (SSSR count). The van der Waals surface area contributed by atoms with E-state index < -0.39 is 0 Å². The fourth-order valence-corrected chi connectivity index (χ4v) is 2.43. The van der Waals surface area contributed by atoms with E-state index in [0.29, 0.717) is 12.1 Å². The molecule has 0 bridgehead atoms. The van der Waals surface area contributed by atoms with Gasteiger partial charge in [-0.2, -0.15) is 0 Å². The van der Waals surface area contributed by atoms with E-state index >= 15 is 0 Å². The summed E-state index contributed by atoms with van der Waals surface area (Å²) in [5, 5.41) is 12.2. The van der Waals surface area contributed by atoms with Crippen molar-refractivity contribution in [2.24, 2.45) is 0 Å². The Kier molecular flexibility index (Phi) is 2.99. The highest BCUT2D eigenvalue weighted by Crippen LogP contribution is 2.22. The van der Waals surface area contributed by atoms with Crippen molar-refractivity contribution >= 4 is 16.6 Å². The van der Waals surface area contributed by atoms with Gasteiger partial charge in [-0.1, -0.05) is 30.3 Å². The lowest BCUT2D eigenvalue weighted by atomic mass is 10.1. The molecule has 4 heteroatoms. The van der Waals surface area contributed by atoms with Gasteiger partial charge in [-0.15, -0.1) is 0 Å². The summed E-state index contributed by atoms with van der Waals surface area (Å²) in [4.78, 5) is 10.7. The van der Waals surface area contributed by atoms with Crippen molar-refractivity contribution in [2.75, 3.05) is 0 Å². The first kappa shape index (κ1) is 12.4. The first-order chi connectivity index (χ1) is 9.65. The van der Waals surface area contributed by atoms with Gasteiger partial charge in [0.1, 0.15) is 0 Å². The molecule has 0 fully saturated rings. The third-order valence-corrected chi connectivity index (χ3v) is 3.50. The lowest BCUT2D eigenvalue weighted by Gasteiger charge is -2.06. The van der Waals surface area contributed by atoms with Crippen molar-refractivity contribution in [3.63, 3.8) is 0 Å². The van der Waals surface area contributed by atoms with Crippen LogP contribution in [0.1, 0.15) is 11.1 Å². The number of hydrogen-bond donors (Lipinski definition) is 0. The Labute approximate surface area is 116 Å².